The molecule has 0 radical (unpaired) electrons. The molecule has 4 nitrogen and oxygen atoms in total. The van der Waals surface area contributed by atoms with Crippen LogP contribution < -0.4 is 5.32 Å². The molecule has 1 amide bonds. The molecule has 5 heteroatoms. The van der Waals surface area contributed by atoms with Gasteiger partial charge in [-0.25, -0.2) is 4.98 Å². The molecule has 0 saturated heterocycles. The maximum atomic E-state index is 12.0. The third-order valence-corrected chi connectivity index (χ3v) is 4.78. The molecule has 0 aliphatic heterocycles. The van der Waals surface area contributed by atoms with E-state index in [1.165, 1.54) is 25.7 Å². The number of fused-ring (bicyclic) bond motifs is 1. The van der Waals surface area contributed by atoms with Crippen LogP contribution in [0.3, 0.4) is 0 Å². The fourth-order valence-corrected chi connectivity index (χ4v) is 3.27. The Morgan fingerprint density at radius 1 is 1.45 bits per heavy atom. The Bertz CT molecular complexity index is 644. The highest BCUT2D eigenvalue weighted by atomic mass is 79.9. The lowest BCUT2D eigenvalue weighted by molar-refractivity contribution is -0.117. The number of carbonyl (C=O) groups excluding carboxylic acids is 1. The van der Waals surface area contributed by atoms with Gasteiger partial charge in [0, 0.05) is 12.6 Å². The Morgan fingerprint density at radius 2 is 2.20 bits per heavy atom. The predicted octanol–water partition coefficient (Wildman–Crippen LogP) is 3.92. The van der Waals surface area contributed by atoms with Crippen molar-refractivity contribution in [1.29, 1.82) is 0 Å². The smallest absolute Gasteiger partial charge is 0.224 e. The largest absolute Gasteiger partial charge is 0.325 e. The van der Waals surface area contributed by atoms with Crippen molar-refractivity contribution in [3.63, 3.8) is 0 Å². The summed E-state index contributed by atoms with van der Waals surface area (Å²) in [4.78, 5) is 16.4. The van der Waals surface area contributed by atoms with Crippen molar-refractivity contribution in [2.75, 3.05) is 5.32 Å². The SMILES string of the molecule is Cc1c(Br)nc2ccc(NC(=O)CC3CCCC3)cn12. The normalized spacial score (nSPS) is 15.9. The van der Waals surface area contributed by atoms with Gasteiger partial charge in [0.1, 0.15) is 10.3 Å². The maximum Gasteiger partial charge on any atom is 0.224 e. The molecule has 0 aromatic carbocycles. The Morgan fingerprint density at radius 3 is 2.95 bits per heavy atom. The van der Waals surface area contributed by atoms with E-state index in [9.17, 15) is 4.79 Å². The maximum absolute atomic E-state index is 12.0. The number of anilines is 1. The highest BCUT2D eigenvalue weighted by Gasteiger charge is 2.18. The monoisotopic (exact) mass is 335 g/mol. The van der Waals surface area contributed by atoms with Crippen molar-refractivity contribution in [3.05, 3.63) is 28.6 Å². The minimum atomic E-state index is 0.119. The quantitative estimate of drug-likeness (QED) is 0.923. The first-order chi connectivity index (χ1) is 9.63. The highest BCUT2D eigenvalue weighted by molar-refractivity contribution is 9.10. The van der Waals surface area contributed by atoms with Crippen LogP contribution in [0.1, 0.15) is 37.8 Å². The summed E-state index contributed by atoms with van der Waals surface area (Å²) in [5.74, 6) is 0.691. The molecule has 1 aliphatic carbocycles. The lowest BCUT2D eigenvalue weighted by Crippen LogP contribution is -2.15. The Hall–Kier alpha value is -1.36. The van der Waals surface area contributed by atoms with E-state index in [1.807, 2.05) is 29.7 Å². The number of aryl methyl sites for hydroxylation is 1. The van der Waals surface area contributed by atoms with E-state index < -0.39 is 0 Å². The number of imidazole rings is 1. The average molecular weight is 336 g/mol. The number of nitrogens with zero attached hydrogens (tertiary/aromatic N) is 2. The lowest BCUT2D eigenvalue weighted by Gasteiger charge is -2.10. The number of pyridine rings is 1. The minimum Gasteiger partial charge on any atom is -0.325 e. The molecular weight excluding hydrogens is 318 g/mol. The number of carbonyl (C=O) groups is 1. The molecule has 1 fully saturated rings. The van der Waals surface area contributed by atoms with Crippen molar-refractivity contribution >= 4 is 33.2 Å². The van der Waals surface area contributed by atoms with Gasteiger partial charge in [-0.3, -0.25) is 4.79 Å². The number of hydrogen-bond donors (Lipinski definition) is 1. The van der Waals surface area contributed by atoms with E-state index in [0.717, 1.165) is 21.6 Å². The predicted molar refractivity (Wildman–Crippen MR) is 82.8 cm³/mol. The topological polar surface area (TPSA) is 46.4 Å². The van der Waals surface area contributed by atoms with Gasteiger partial charge in [-0.05, 0) is 53.7 Å². The summed E-state index contributed by atoms with van der Waals surface area (Å²) in [6, 6.07) is 3.82. The van der Waals surface area contributed by atoms with E-state index >= 15 is 0 Å². The molecule has 2 aromatic heterocycles. The molecule has 3 rings (SSSR count). The van der Waals surface area contributed by atoms with Crippen molar-refractivity contribution < 1.29 is 4.79 Å². The highest BCUT2D eigenvalue weighted by Crippen LogP contribution is 2.28. The molecule has 0 unspecified atom stereocenters. The van der Waals surface area contributed by atoms with Gasteiger partial charge in [0.05, 0.1) is 11.4 Å². The fraction of sp³-hybridized carbons (Fsp3) is 0.467. The van der Waals surface area contributed by atoms with Gasteiger partial charge in [0.15, 0.2) is 0 Å². The summed E-state index contributed by atoms with van der Waals surface area (Å²) in [7, 11) is 0. The van der Waals surface area contributed by atoms with Gasteiger partial charge in [0.2, 0.25) is 5.91 Å². The first kappa shape index (κ1) is 13.6. The van der Waals surface area contributed by atoms with Crippen LogP contribution in [0, 0.1) is 12.8 Å². The van der Waals surface area contributed by atoms with E-state index in [4.69, 9.17) is 0 Å². The van der Waals surface area contributed by atoms with E-state index in [0.29, 0.717) is 12.3 Å². The molecular formula is C15H18BrN3O. The molecule has 1 aliphatic rings. The second kappa shape index (κ2) is 5.56. The summed E-state index contributed by atoms with van der Waals surface area (Å²) in [6.45, 7) is 1.99. The summed E-state index contributed by atoms with van der Waals surface area (Å²) < 4.78 is 2.82. The molecule has 1 saturated carbocycles. The van der Waals surface area contributed by atoms with Crippen LogP contribution in [0.15, 0.2) is 22.9 Å². The van der Waals surface area contributed by atoms with Gasteiger partial charge in [-0.1, -0.05) is 12.8 Å². The van der Waals surface area contributed by atoms with Crippen molar-refractivity contribution in [2.24, 2.45) is 5.92 Å². The Balaban J connectivity index is 1.73. The third kappa shape index (κ3) is 2.73. The zero-order valence-corrected chi connectivity index (χ0v) is 13.1. The number of aromatic nitrogens is 2. The van der Waals surface area contributed by atoms with Gasteiger partial charge in [0.25, 0.3) is 0 Å². The molecule has 20 heavy (non-hydrogen) atoms. The third-order valence-electron chi connectivity index (χ3n) is 4.03. The zero-order chi connectivity index (χ0) is 14.1. The molecule has 0 spiro atoms. The Labute approximate surface area is 126 Å². The van der Waals surface area contributed by atoms with Crippen LogP contribution in [-0.4, -0.2) is 15.3 Å². The number of hydrogen-bond acceptors (Lipinski definition) is 2. The van der Waals surface area contributed by atoms with Crippen molar-refractivity contribution in [1.82, 2.24) is 9.38 Å². The van der Waals surface area contributed by atoms with Crippen molar-refractivity contribution in [2.45, 2.75) is 39.0 Å². The number of nitrogens with one attached hydrogen (secondary N) is 1. The van der Waals surface area contributed by atoms with Crippen LogP contribution in [0.4, 0.5) is 5.69 Å². The van der Waals surface area contributed by atoms with Gasteiger partial charge in [-0.15, -0.1) is 0 Å². The zero-order valence-electron chi connectivity index (χ0n) is 11.5. The van der Waals surface area contributed by atoms with Gasteiger partial charge < -0.3 is 9.72 Å². The average Bonchev–Trinajstić information content (AvgIpc) is 3.00. The van der Waals surface area contributed by atoms with Crippen LogP contribution in [-0.2, 0) is 4.79 Å². The molecule has 0 bridgehead atoms. The van der Waals surface area contributed by atoms with E-state index in [-0.39, 0.29) is 5.91 Å². The molecule has 0 atom stereocenters. The number of halogens is 1. The lowest BCUT2D eigenvalue weighted by atomic mass is 10.0. The molecule has 2 aromatic rings. The molecule has 106 valence electrons. The van der Waals surface area contributed by atoms with Crippen LogP contribution in [0.25, 0.3) is 5.65 Å². The number of amides is 1. The summed E-state index contributed by atoms with van der Waals surface area (Å²) >= 11 is 3.42. The second-order valence-corrected chi connectivity index (χ2v) is 6.29. The van der Waals surface area contributed by atoms with E-state index in [2.05, 4.69) is 26.2 Å². The minimum absolute atomic E-state index is 0.119. The van der Waals surface area contributed by atoms with Gasteiger partial charge in [-0.2, -0.15) is 0 Å². The van der Waals surface area contributed by atoms with E-state index in [1.54, 1.807) is 0 Å². The summed E-state index contributed by atoms with van der Waals surface area (Å²) in [5.41, 5.74) is 2.74. The molecule has 1 N–H and O–H groups in total. The fourth-order valence-electron chi connectivity index (χ4n) is 2.90. The van der Waals surface area contributed by atoms with Crippen LogP contribution in [0.5, 0.6) is 0 Å². The second-order valence-electron chi connectivity index (χ2n) is 5.54. The number of rotatable bonds is 3. The van der Waals surface area contributed by atoms with Gasteiger partial charge >= 0.3 is 0 Å². The Kier molecular flexibility index (Phi) is 3.78. The molecule has 2 heterocycles. The van der Waals surface area contributed by atoms with Crippen LogP contribution >= 0.6 is 15.9 Å². The standard InChI is InChI=1S/C15H18BrN3O/c1-10-15(16)18-13-7-6-12(9-19(10)13)17-14(20)8-11-4-2-3-5-11/h6-7,9,11H,2-5,8H2,1H3,(H,17,20). The summed E-state index contributed by atoms with van der Waals surface area (Å²) in [6.07, 6.45) is 7.50. The van der Waals surface area contributed by atoms with Crippen molar-refractivity contribution in [3.8, 4) is 0 Å². The van der Waals surface area contributed by atoms with Crippen LogP contribution in [0.2, 0.25) is 0 Å². The first-order valence-electron chi connectivity index (χ1n) is 7.07. The first-order valence-corrected chi connectivity index (χ1v) is 7.87. The summed E-state index contributed by atoms with van der Waals surface area (Å²) in [5, 5.41) is 2.99.